The Kier molecular flexibility index (Phi) is 6.84. The number of carbonyl (C=O) groups excluding carboxylic acids is 2. The molecule has 0 radical (unpaired) electrons. The van der Waals surface area contributed by atoms with Crippen LogP contribution in [0.2, 0.25) is 0 Å². The summed E-state index contributed by atoms with van der Waals surface area (Å²) in [5, 5.41) is 6.75. The highest BCUT2D eigenvalue weighted by molar-refractivity contribution is 5.98. The van der Waals surface area contributed by atoms with Crippen molar-refractivity contribution in [3.63, 3.8) is 0 Å². The van der Waals surface area contributed by atoms with Crippen LogP contribution in [-0.2, 0) is 17.6 Å². The molecule has 0 saturated heterocycles. The van der Waals surface area contributed by atoms with Crippen molar-refractivity contribution in [2.24, 2.45) is 0 Å². The highest BCUT2D eigenvalue weighted by atomic mass is 19.1. The molecule has 3 aromatic carbocycles. The van der Waals surface area contributed by atoms with Crippen molar-refractivity contribution >= 4 is 22.7 Å². The number of rotatable bonds is 8. The quantitative estimate of drug-likeness (QED) is 0.353. The van der Waals surface area contributed by atoms with Crippen LogP contribution in [0.3, 0.4) is 0 Å². The number of hydrogen-bond acceptors (Lipinski definition) is 4. The molecule has 0 aliphatic carbocycles. The Morgan fingerprint density at radius 2 is 1.75 bits per heavy atom. The van der Waals surface area contributed by atoms with Gasteiger partial charge in [0.2, 0.25) is 5.91 Å². The van der Waals surface area contributed by atoms with Crippen LogP contribution < -0.4 is 20.1 Å². The van der Waals surface area contributed by atoms with Crippen molar-refractivity contribution in [1.29, 1.82) is 0 Å². The van der Waals surface area contributed by atoms with Crippen LogP contribution in [0.1, 0.15) is 21.5 Å². The van der Waals surface area contributed by atoms with Crippen molar-refractivity contribution in [2.75, 3.05) is 19.8 Å². The zero-order valence-electron chi connectivity index (χ0n) is 19.6. The third-order valence-corrected chi connectivity index (χ3v) is 6.15. The number of halogens is 1. The van der Waals surface area contributed by atoms with Gasteiger partial charge in [-0.15, -0.1) is 0 Å². The van der Waals surface area contributed by atoms with E-state index in [1.165, 1.54) is 24.3 Å². The molecule has 0 fully saturated rings. The average molecular weight is 488 g/mol. The molecule has 1 aromatic heterocycles. The van der Waals surface area contributed by atoms with Gasteiger partial charge in [0.1, 0.15) is 25.1 Å². The predicted octanol–water partition coefficient (Wildman–Crippen LogP) is 3.78. The maximum Gasteiger partial charge on any atom is 0.251 e. The minimum absolute atomic E-state index is 0.282. The van der Waals surface area contributed by atoms with Gasteiger partial charge in [0.25, 0.3) is 5.91 Å². The number of para-hydroxylation sites is 1. The second kappa shape index (κ2) is 10.5. The Morgan fingerprint density at radius 1 is 0.972 bits per heavy atom. The molecule has 1 aliphatic heterocycles. The molecule has 7 nitrogen and oxygen atoms in total. The maximum absolute atomic E-state index is 13.3. The molecule has 5 rings (SSSR count). The first-order valence-corrected chi connectivity index (χ1v) is 11.8. The molecule has 0 saturated carbocycles. The molecule has 8 heteroatoms. The van der Waals surface area contributed by atoms with E-state index < -0.39 is 17.8 Å². The number of nitrogens with one attached hydrogen (secondary N) is 3. The Bertz CT molecular complexity index is 1380. The highest BCUT2D eigenvalue weighted by Crippen LogP contribution is 2.30. The van der Waals surface area contributed by atoms with Crippen LogP contribution in [0.25, 0.3) is 10.9 Å². The number of aromatic amines is 1. The zero-order chi connectivity index (χ0) is 24.9. The van der Waals surface area contributed by atoms with Crippen molar-refractivity contribution in [1.82, 2.24) is 15.6 Å². The van der Waals surface area contributed by atoms with Crippen LogP contribution in [0, 0.1) is 5.82 Å². The molecule has 2 amide bonds. The summed E-state index contributed by atoms with van der Waals surface area (Å²) in [5.41, 5.74) is 3.15. The fraction of sp³-hybridized carbons (Fsp3) is 0.214. The Morgan fingerprint density at radius 3 is 2.58 bits per heavy atom. The van der Waals surface area contributed by atoms with Crippen LogP contribution in [0.4, 0.5) is 4.39 Å². The summed E-state index contributed by atoms with van der Waals surface area (Å²) in [4.78, 5) is 29.3. The van der Waals surface area contributed by atoms with E-state index in [1.807, 2.05) is 48.7 Å². The number of benzene rings is 3. The van der Waals surface area contributed by atoms with E-state index in [0.717, 1.165) is 27.8 Å². The Labute approximate surface area is 207 Å². The molecule has 0 bridgehead atoms. The summed E-state index contributed by atoms with van der Waals surface area (Å²) in [7, 11) is 0. The van der Waals surface area contributed by atoms with Crippen LogP contribution in [0.5, 0.6) is 11.5 Å². The third-order valence-electron chi connectivity index (χ3n) is 6.15. The van der Waals surface area contributed by atoms with E-state index in [1.54, 1.807) is 0 Å². The van der Waals surface area contributed by atoms with E-state index in [-0.39, 0.29) is 11.5 Å². The molecular formula is C28H26FN3O4. The van der Waals surface area contributed by atoms with Crippen molar-refractivity contribution in [2.45, 2.75) is 18.9 Å². The molecule has 36 heavy (non-hydrogen) atoms. The van der Waals surface area contributed by atoms with Gasteiger partial charge in [0, 0.05) is 35.6 Å². The number of ether oxygens (including phenoxy) is 2. The Hall–Kier alpha value is -4.33. The average Bonchev–Trinajstić information content (AvgIpc) is 3.31. The highest BCUT2D eigenvalue weighted by Gasteiger charge is 2.23. The van der Waals surface area contributed by atoms with Gasteiger partial charge < -0.3 is 25.1 Å². The first-order valence-electron chi connectivity index (χ1n) is 11.8. The maximum atomic E-state index is 13.3. The summed E-state index contributed by atoms with van der Waals surface area (Å²) in [6.45, 7) is 1.43. The molecule has 4 aromatic rings. The smallest absolute Gasteiger partial charge is 0.251 e. The molecule has 1 aliphatic rings. The first-order chi connectivity index (χ1) is 17.6. The van der Waals surface area contributed by atoms with Gasteiger partial charge in [-0.3, -0.25) is 9.59 Å². The fourth-order valence-corrected chi connectivity index (χ4v) is 4.27. The SMILES string of the molecule is O=C(NC(Cc1c[nH]c2ccccc12)C(=O)NCCc1ccc2c(c1)OCCO2)c1ccc(F)cc1. The van der Waals surface area contributed by atoms with E-state index >= 15 is 0 Å². The summed E-state index contributed by atoms with van der Waals surface area (Å²) in [6.07, 6.45) is 2.74. The number of fused-ring (bicyclic) bond motifs is 2. The lowest BCUT2D eigenvalue weighted by atomic mass is 10.0. The van der Waals surface area contributed by atoms with E-state index in [4.69, 9.17) is 9.47 Å². The first kappa shape index (κ1) is 23.4. The van der Waals surface area contributed by atoms with Crippen LogP contribution >= 0.6 is 0 Å². The van der Waals surface area contributed by atoms with Crippen LogP contribution in [0.15, 0.2) is 72.9 Å². The van der Waals surface area contributed by atoms with Gasteiger partial charge in [-0.1, -0.05) is 24.3 Å². The molecule has 1 unspecified atom stereocenters. The largest absolute Gasteiger partial charge is 0.486 e. The molecule has 3 N–H and O–H groups in total. The van der Waals surface area contributed by atoms with Gasteiger partial charge >= 0.3 is 0 Å². The third kappa shape index (κ3) is 5.33. The van der Waals surface area contributed by atoms with Gasteiger partial charge in [-0.25, -0.2) is 4.39 Å². The summed E-state index contributed by atoms with van der Waals surface area (Å²) >= 11 is 0. The molecular weight excluding hydrogens is 461 g/mol. The van der Waals surface area contributed by atoms with Crippen molar-refractivity contribution < 1.29 is 23.5 Å². The summed E-state index contributed by atoms with van der Waals surface area (Å²) in [6, 6.07) is 17.9. The number of hydrogen-bond donors (Lipinski definition) is 3. The molecule has 184 valence electrons. The zero-order valence-corrected chi connectivity index (χ0v) is 19.6. The molecule has 1 atom stereocenters. The summed E-state index contributed by atoms with van der Waals surface area (Å²) < 4.78 is 24.5. The van der Waals surface area contributed by atoms with Gasteiger partial charge in [0.15, 0.2) is 11.5 Å². The number of aromatic nitrogens is 1. The van der Waals surface area contributed by atoms with Gasteiger partial charge in [-0.2, -0.15) is 0 Å². The molecule has 0 spiro atoms. The topological polar surface area (TPSA) is 92.5 Å². The van der Waals surface area contributed by atoms with E-state index in [2.05, 4.69) is 15.6 Å². The number of amides is 2. The van der Waals surface area contributed by atoms with E-state index in [9.17, 15) is 14.0 Å². The number of carbonyl (C=O) groups is 2. The summed E-state index contributed by atoms with van der Waals surface area (Å²) in [5.74, 6) is 0.249. The van der Waals surface area contributed by atoms with E-state index in [0.29, 0.717) is 38.3 Å². The standard InChI is InChI=1S/C28H26FN3O4/c29-21-8-6-19(7-9-21)27(33)32-24(16-20-17-31-23-4-2-1-3-22(20)23)28(34)30-12-11-18-5-10-25-26(15-18)36-14-13-35-25/h1-10,15,17,24,31H,11-14,16H2,(H,30,34)(H,32,33). The van der Waals surface area contributed by atoms with Crippen molar-refractivity contribution in [3.05, 3.63) is 95.4 Å². The minimum Gasteiger partial charge on any atom is -0.486 e. The normalized spacial score (nSPS) is 13.2. The van der Waals surface area contributed by atoms with Gasteiger partial charge in [0.05, 0.1) is 0 Å². The fourth-order valence-electron chi connectivity index (χ4n) is 4.27. The second-order valence-corrected chi connectivity index (χ2v) is 8.62. The number of H-pyrrole nitrogens is 1. The van der Waals surface area contributed by atoms with Crippen molar-refractivity contribution in [3.8, 4) is 11.5 Å². The monoisotopic (exact) mass is 487 g/mol. The predicted molar refractivity (Wildman–Crippen MR) is 134 cm³/mol. The lowest BCUT2D eigenvalue weighted by Crippen LogP contribution is -2.48. The molecule has 2 heterocycles. The lowest BCUT2D eigenvalue weighted by Gasteiger charge is -2.20. The van der Waals surface area contributed by atoms with Gasteiger partial charge in [-0.05, 0) is 60.0 Å². The second-order valence-electron chi connectivity index (χ2n) is 8.62. The van der Waals surface area contributed by atoms with Crippen LogP contribution in [-0.4, -0.2) is 42.6 Å². The Balaban J connectivity index is 1.28. The lowest BCUT2D eigenvalue weighted by molar-refractivity contribution is -0.122. The minimum atomic E-state index is -0.818.